The van der Waals surface area contributed by atoms with Crippen molar-refractivity contribution in [3.8, 4) is 0 Å². The lowest BCUT2D eigenvalue weighted by Crippen LogP contribution is -2.21. The first-order valence-electron chi connectivity index (χ1n) is 5.58. The van der Waals surface area contributed by atoms with Gasteiger partial charge in [-0.2, -0.15) is 13.2 Å². The zero-order chi connectivity index (χ0) is 13.4. The molecule has 0 unspecified atom stereocenters. The SMILES string of the molecule is O=CNCCCNCc1cccc(C(F)(F)F)c1. The summed E-state index contributed by atoms with van der Waals surface area (Å²) in [5.74, 6) is 0. The van der Waals surface area contributed by atoms with Gasteiger partial charge in [-0.05, 0) is 24.6 Å². The van der Waals surface area contributed by atoms with Gasteiger partial charge in [-0.1, -0.05) is 18.2 Å². The van der Waals surface area contributed by atoms with Crippen molar-refractivity contribution in [2.75, 3.05) is 13.1 Å². The van der Waals surface area contributed by atoms with Crippen LogP contribution in [0.4, 0.5) is 13.2 Å². The van der Waals surface area contributed by atoms with Crippen LogP contribution in [-0.4, -0.2) is 19.5 Å². The van der Waals surface area contributed by atoms with Gasteiger partial charge in [0.2, 0.25) is 6.41 Å². The Morgan fingerprint density at radius 3 is 2.67 bits per heavy atom. The molecule has 0 bridgehead atoms. The monoisotopic (exact) mass is 260 g/mol. The summed E-state index contributed by atoms with van der Waals surface area (Å²) < 4.78 is 37.3. The minimum absolute atomic E-state index is 0.380. The molecule has 0 aliphatic rings. The van der Waals surface area contributed by atoms with Gasteiger partial charge in [0.15, 0.2) is 0 Å². The van der Waals surface area contributed by atoms with E-state index >= 15 is 0 Å². The fourth-order valence-corrected chi connectivity index (χ4v) is 1.46. The lowest BCUT2D eigenvalue weighted by Gasteiger charge is -2.09. The molecule has 0 radical (unpaired) electrons. The van der Waals surface area contributed by atoms with Gasteiger partial charge in [-0.15, -0.1) is 0 Å². The van der Waals surface area contributed by atoms with Gasteiger partial charge in [0.25, 0.3) is 0 Å². The number of alkyl halides is 3. The van der Waals surface area contributed by atoms with E-state index in [1.807, 2.05) is 0 Å². The summed E-state index contributed by atoms with van der Waals surface area (Å²) in [6.07, 6.45) is -2.95. The summed E-state index contributed by atoms with van der Waals surface area (Å²) in [7, 11) is 0. The van der Waals surface area contributed by atoms with E-state index in [0.717, 1.165) is 18.6 Å². The van der Waals surface area contributed by atoms with Gasteiger partial charge >= 0.3 is 6.18 Å². The van der Waals surface area contributed by atoms with E-state index in [9.17, 15) is 18.0 Å². The molecule has 1 rings (SSSR count). The highest BCUT2D eigenvalue weighted by Crippen LogP contribution is 2.29. The Morgan fingerprint density at radius 1 is 1.22 bits per heavy atom. The second-order valence-corrected chi connectivity index (χ2v) is 3.80. The molecule has 0 aliphatic carbocycles. The van der Waals surface area contributed by atoms with Crippen molar-refractivity contribution in [1.82, 2.24) is 10.6 Å². The van der Waals surface area contributed by atoms with Gasteiger partial charge in [-0.3, -0.25) is 4.79 Å². The molecule has 0 aliphatic heterocycles. The van der Waals surface area contributed by atoms with E-state index in [1.54, 1.807) is 6.07 Å². The van der Waals surface area contributed by atoms with Crippen LogP contribution in [0.25, 0.3) is 0 Å². The van der Waals surface area contributed by atoms with Crippen LogP contribution in [0.1, 0.15) is 17.5 Å². The average molecular weight is 260 g/mol. The molecule has 0 saturated carbocycles. The Hall–Kier alpha value is -1.56. The number of carbonyl (C=O) groups excluding carboxylic acids is 1. The number of rotatable bonds is 7. The van der Waals surface area contributed by atoms with Gasteiger partial charge < -0.3 is 10.6 Å². The predicted octanol–water partition coefficient (Wildman–Crippen LogP) is 1.93. The normalized spacial score (nSPS) is 11.3. The standard InChI is InChI=1S/C12H15F3N2O/c13-12(14,15)11-4-1-3-10(7-11)8-16-5-2-6-17-9-18/h1,3-4,7,9,16H,2,5-6,8H2,(H,17,18). The van der Waals surface area contributed by atoms with Crippen molar-refractivity contribution < 1.29 is 18.0 Å². The second-order valence-electron chi connectivity index (χ2n) is 3.80. The number of nitrogens with one attached hydrogen (secondary N) is 2. The fraction of sp³-hybridized carbons (Fsp3) is 0.417. The summed E-state index contributed by atoms with van der Waals surface area (Å²) in [6.45, 7) is 1.57. The number of benzene rings is 1. The number of hydrogen-bond donors (Lipinski definition) is 2. The van der Waals surface area contributed by atoms with Crippen LogP contribution in [0.15, 0.2) is 24.3 Å². The van der Waals surface area contributed by atoms with Gasteiger partial charge in [0.05, 0.1) is 5.56 Å². The molecule has 0 fully saturated rings. The number of halogens is 3. The van der Waals surface area contributed by atoms with Crippen molar-refractivity contribution in [3.05, 3.63) is 35.4 Å². The van der Waals surface area contributed by atoms with Crippen LogP contribution in [-0.2, 0) is 17.5 Å². The molecule has 18 heavy (non-hydrogen) atoms. The molecule has 3 nitrogen and oxygen atoms in total. The molecule has 1 amide bonds. The topological polar surface area (TPSA) is 41.1 Å². The largest absolute Gasteiger partial charge is 0.416 e. The van der Waals surface area contributed by atoms with Crippen LogP contribution in [0.3, 0.4) is 0 Å². The maximum Gasteiger partial charge on any atom is 0.416 e. The molecular weight excluding hydrogens is 245 g/mol. The van der Waals surface area contributed by atoms with Crippen LogP contribution >= 0.6 is 0 Å². The fourth-order valence-electron chi connectivity index (χ4n) is 1.46. The van der Waals surface area contributed by atoms with E-state index in [4.69, 9.17) is 0 Å². The van der Waals surface area contributed by atoms with Crippen LogP contribution in [0, 0.1) is 0 Å². The smallest absolute Gasteiger partial charge is 0.359 e. The highest BCUT2D eigenvalue weighted by Gasteiger charge is 2.30. The van der Waals surface area contributed by atoms with E-state index < -0.39 is 11.7 Å². The summed E-state index contributed by atoms with van der Waals surface area (Å²) in [5, 5.41) is 5.52. The lowest BCUT2D eigenvalue weighted by molar-refractivity contribution is -0.137. The Morgan fingerprint density at radius 2 is 2.00 bits per heavy atom. The van der Waals surface area contributed by atoms with E-state index in [0.29, 0.717) is 31.6 Å². The second kappa shape index (κ2) is 7.00. The molecule has 0 saturated heterocycles. The lowest BCUT2D eigenvalue weighted by atomic mass is 10.1. The molecule has 0 spiro atoms. The first-order chi connectivity index (χ1) is 8.54. The highest BCUT2D eigenvalue weighted by atomic mass is 19.4. The number of hydrogen-bond acceptors (Lipinski definition) is 2. The third-order valence-electron chi connectivity index (χ3n) is 2.34. The summed E-state index contributed by atoms with van der Waals surface area (Å²) >= 11 is 0. The molecule has 6 heteroatoms. The Labute approximate surface area is 103 Å². The van der Waals surface area contributed by atoms with Crippen molar-refractivity contribution in [1.29, 1.82) is 0 Å². The summed E-state index contributed by atoms with van der Waals surface area (Å²) in [5.41, 5.74) is -0.0439. The quantitative estimate of drug-likeness (QED) is 0.581. The predicted molar refractivity (Wildman–Crippen MR) is 61.8 cm³/mol. The van der Waals surface area contributed by atoms with Crippen molar-refractivity contribution in [3.63, 3.8) is 0 Å². The molecule has 0 atom stereocenters. The molecule has 1 aromatic rings. The minimum Gasteiger partial charge on any atom is -0.359 e. The van der Waals surface area contributed by atoms with Gasteiger partial charge in [0.1, 0.15) is 0 Å². The van der Waals surface area contributed by atoms with Gasteiger partial charge in [0, 0.05) is 13.1 Å². The third kappa shape index (κ3) is 5.18. The van der Waals surface area contributed by atoms with Gasteiger partial charge in [-0.25, -0.2) is 0 Å². The molecule has 1 aromatic carbocycles. The Kier molecular flexibility index (Phi) is 5.64. The minimum atomic E-state index is -4.30. The first kappa shape index (κ1) is 14.5. The molecule has 0 aromatic heterocycles. The Bertz CT molecular complexity index is 380. The summed E-state index contributed by atoms with van der Waals surface area (Å²) in [4.78, 5) is 9.95. The number of carbonyl (C=O) groups is 1. The molecule has 0 heterocycles. The Balaban J connectivity index is 2.36. The van der Waals surface area contributed by atoms with Crippen LogP contribution in [0.2, 0.25) is 0 Å². The summed E-state index contributed by atoms with van der Waals surface area (Å²) in [6, 6.07) is 5.23. The van der Waals surface area contributed by atoms with E-state index in [-0.39, 0.29) is 0 Å². The van der Waals surface area contributed by atoms with E-state index in [2.05, 4.69) is 10.6 Å². The zero-order valence-corrected chi connectivity index (χ0v) is 9.76. The van der Waals surface area contributed by atoms with Crippen molar-refractivity contribution in [2.24, 2.45) is 0 Å². The maximum absolute atomic E-state index is 12.4. The van der Waals surface area contributed by atoms with Crippen molar-refractivity contribution >= 4 is 6.41 Å². The maximum atomic E-state index is 12.4. The third-order valence-corrected chi connectivity index (χ3v) is 2.34. The first-order valence-corrected chi connectivity index (χ1v) is 5.58. The van der Waals surface area contributed by atoms with E-state index in [1.165, 1.54) is 6.07 Å². The highest BCUT2D eigenvalue weighted by molar-refractivity contribution is 5.45. The van der Waals surface area contributed by atoms with Crippen LogP contribution in [0.5, 0.6) is 0 Å². The molecule has 100 valence electrons. The molecule has 2 N–H and O–H groups in total. The average Bonchev–Trinajstić information content (AvgIpc) is 2.33. The zero-order valence-electron chi connectivity index (χ0n) is 9.76. The number of amides is 1. The van der Waals surface area contributed by atoms with Crippen molar-refractivity contribution in [2.45, 2.75) is 19.1 Å². The van der Waals surface area contributed by atoms with Crippen LogP contribution < -0.4 is 10.6 Å². The molecular formula is C12H15F3N2O.